The summed E-state index contributed by atoms with van der Waals surface area (Å²) < 4.78 is 5.15. The third-order valence-corrected chi connectivity index (χ3v) is 4.92. The van der Waals surface area contributed by atoms with Gasteiger partial charge in [-0.05, 0) is 57.7 Å². The zero-order valence-electron chi connectivity index (χ0n) is 15.9. The highest BCUT2D eigenvalue weighted by Gasteiger charge is 2.10. The Morgan fingerprint density at radius 2 is 2.00 bits per heavy atom. The highest BCUT2D eigenvalue weighted by Crippen LogP contribution is 2.19. The molecular weight excluding hydrogens is 328 g/mol. The first-order valence-electron chi connectivity index (χ1n) is 9.09. The van der Waals surface area contributed by atoms with Crippen molar-refractivity contribution in [2.24, 2.45) is 0 Å². The molecule has 0 unspecified atom stereocenters. The predicted molar refractivity (Wildman–Crippen MR) is 101 cm³/mol. The summed E-state index contributed by atoms with van der Waals surface area (Å²) >= 11 is 0. The number of benzene rings is 1. The Hall–Kier alpha value is -2.63. The van der Waals surface area contributed by atoms with Gasteiger partial charge >= 0.3 is 0 Å². The highest BCUT2D eigenvalue weighted by atomic mass is 16.5. The normalized spacial score (nSPS) is 11.2. The number of carbonyl (C=O) groups is 1. The number of aryl methyl sites for hydroxylation is 5. The van der Waals surface area contributed by atoms with Crippen molar-refractivity contribution < 1.29 is 9.32 Å². The van der Waals surface area contributed by atoms with Gasteiger partial charge in [0.2, 0.25) is 5.91 Å². The number of imidazole rings is 1. The van der Waals surface area contributed by atoms with Crippen LogP contribution in [0.3, 0.4) is 0 Å². The van der Waals surface area contributed by atoms with Gasteiger partial charge in [-0.1, -0.05) is 11.2 Å². The summed E-state index contributed by atoms with van der Waals surface area (Å²) in [5, 5.41) is 6.93. The van der Waals surface area contributed by atoms with E-state index in [4.69, 9.17) is 4.52 Å². The molecule has 0 bridgehead atoms. The zero-order valence-corrected chi connectivity index (χ0v) is 15.9. The van der Waals surface area contributed by atoms with Crippen LogP contribution in [-0.2, 0) is 17.6 Å². The SMILES string of the molecule is Cc1ccc2[nH]c(CCC(=O)NCCCc3c(C)noc3C)nc2c1C. The maximum absolute atomic E-state index is 12.1. The van der Waals surface area contributed by atoms with E-state index in [9.17, 15) is 4.79 Å². The smallest absolute Gasteiger partial charge is 0.220 e. The standard InChI is InChI=1S/C20H26N4O2/c1-12-7-8-17-20(13(12)2)23-18(22-17)9-10-19(25)21-11-5-6-16-14(3)24-26-15(16)4/h7-8H,5-6,9-11H2,1-4H3,(H,21,25)(H,22,23). The molecular formula is C20H26N4O2. The van der Waals surface area contributed by atoms with Gasteiger partial charge in [0.05, 0.1) is 16.7 Å². The molecule has 0 radical (unpaired) electrons. The number of amides is 1. The van der Waals surface area contributed by atoms with Gasteiger partial charge in [-0.25, -0.2) is 4.98 Å². The maximum Gasteiger partial charge on any atom is 0.220 e. The monoisotopic (exact) mass is 354 g/mol. The first kappa shape index (κ1) is 18.2. The number of aromatic nitrogens is 3. The summed E-state index contributed by atoms with van der Waals surface area (Å²) in [6.07, 6.45) is 2.79. The van der Waals surface area contributed by atoms with Gasteiger partial charge in [0, 0.05) is 24.9 Å². The molecule has 0 saturated heterocycles. The molecule has 0 atom stereocenters. The van der Waals surface area contributed by atoms with Crippen molar-refractivity contribution in [2.45, 2.75) is 53.4 Å². The van der Waals surface area contributed by atoms with Crippen LogP contribution in [0.25, 0.3) is 11.0 Å². The largest absolute Gasteiger partial charge is 0.361 e. The lowest BCUT2D eigenvalue weighted by atomic mass is 10.1. The van der Waals surface area contributed by atoms with Gasteiger partial charge < -0.3 is 14.8 Å². The minimum absolute atomic E-state index is 0.0529. The lowest BCUT2D eigenvalue weighted by molar-refractivity contribution is -0.121. The van der Waals surface area contributed by atoms with Gasteiger partial charge in [0.15, 0.2) is 0 Å². The fraction of sp³-hybridized carbons (Fsp3) is 0.450. The minimum Gasteiger partial charge on any atom is -0.361 e. The fourth-order valence-electron chi connectivity index (χ4n) is 3.15. The van der Waals surface area contributed by atoms with Crippen molar-refractivity contribution in [1.82, 2.24) is 20.4 Å². The van der Waals surface area contributed by atoms with Crippen LogP contribution in [0.2, 0.25) is 0 Å². The van der Waals surface area contributed by atoms with Crippen molar-refractivity contribution in [2.75, 3.05) is 6.54 Å². The second-order valence-electron chi connectivity index (χ2n) is 6.84. The Morgan fingerprint density at radius 3 is 2.73 bits per heavy atom. The second-order valence-corrected chi connectivity index (χ2v) is 6.84. The number of hydrogen-bond donors (Lipinski definition) is 2. The van der Waals surface area contributed by atoms with Gasteiger partial charge in [-0.3, -0.25) is 4.79 Å². The van der Waals surface area contributed by atoms with Crippen molar-refractivity contribution >= 4 is 16.9 Å². The van der Waals surface area contributed by atoms with Crippen molar-refractivity contribution in [1.29, 1.82) is 0 Å². The number of rotatable bonds is 7. The summed E-state index contributed by atoms with van der Waals surface area (Å²) in [4.78, 5) is 20.0. The van der Waals surface area contributed by atoms with Crippen LogP contribution in [0.1, 0.15) is 46.8 Å². The summed E-state index contributed by atoms with van der Waals surface area (Å²) in [6.45, 7) is 8.68. The van der Waals surface area contributed by atoms with E-state index in [2.05, 4.69) is 40.4 Å². The molecule has 6 heteroatoms. The lowest BCUT2D eigenvalue weighted by Crippen LogP contribution is -2.25. The molecule has 6 nitrogen and oxygen atoms in total. The van der Waals surface area contributed by atoms with Crippen molar-refractivity contribution in [3.63, 3.8) is 0 Å². The van der Waals surface area contributed by atoms with E-state index in [0.717, 1.165) is 46.7 Å². The average molecular weight is 354 g/mol. The van der Waals surface area contributed by atoms with Crippen molar-refractivity contribution in [3.8, 4) is 0 Å². The topological polar surface area (TPSA) is 83.8 Å². The molecule has 138 valence electrons. The molecule has 1 aromatic carbocycles. The quantitative estimate of drug-likeness (QED) is 0.636. The van der Waals surface area contributed by atoms with E-state index in [1.165, 1.54) is 11.1 Å². The first-order valence-corrected chi connectivity index (χ1v) is 9.09. The number of carbonyl (C=O) groups excluding carboxylic acids is 1. The third kappa shape index (κ3) is 3.95. The van der Waals surface area contributed by atoms with Gasteiger partial charge in [-0.2, -0.15) is 0 Å². The number of aromatic amines is 1. The van der Waals surface area contributed by atoms with E-state index in [1.807, 2.05) is 19.9 Å². The van der Waals surface area contributed by atoms with E-state index in [-0.39, 0.29) is 5.91 Å². The predicted octanol–water partition coefficient (Wildman–Crippen LogP) is 3.47. The molecule has 0 aliphatic heterocycles. The summed E-state index contributed by atoms with van der Waals surface area (Å²) in [5.74, 6) is 1.78. The molecule has 0 fully saturated rings. The Labute approximate surface area is 153 Å². The molecule has 0 aliphatic carbocycles. The first-order chi connectivity index (χ1) is 12.5. The summed E-state index contributed by atoms with van der Waals surface area (Å²) in [5.41, 5.74) is 6.53. The van der Waals surface area contributed by atoms with Crippen LogP contribution >= 0.6 is 0 Å². The molecule has 1 amide bonds. The Bertz CT molecular complexity index is 904. The molecule has 0 aliphatic rings. The van der Waals surface area contributed by atoms with Gasteiger partial charge in [0.25, 0.3) is 0 Å². The summed E-state index contributed by atoms with van der Waals surface area (Å²) in [7, 11) is 0. The molecule has 3 aromatic rings. The zero-order chi connectivity index (χ0) is 18.7. The molecule has 0 spiro atoms. The minimum atomic E-state index is 0.0529. The van der Waals surface area contributed by atoms with Crippen LogP contribution in [0.15, 0.2) is 16.7 Å². The Morgan fingerprint density at radius 1 is 1.19 bits per heavy atom. The van der Waals surface area contributed by atoms with E-state index in [0.29, 0.717) is 19.4 Å². The van der Waals surface area contributed by atoms with Crippen LogP contribution in [0, 0.1) is 27.7 Å². The van der Waals surface area contributed by atoms with E-state index >= 15 is 0 Å². The molecule has 26 heavy (non-hydrogen) atoms. The number of nitrogens with one attached hydrogen (secondary N) is 2. The number of fused-ring (bicyclic) bond motifs is 1. The number of H-pyrrole nitrogens is 1. The molecule has 2 heterocycles. The van der Waals surface area contributed by atoms with E-state index < -0.39 is 0 Å². The van der Waals surface area contributed by atoms with Crippen LogP contribution < -0.4 is 5.32 Å². The van der Waals surface area contributed by atoms with Crippen LogP contribution in [0.5, 0.6) is 0 Å². The molecule has 2 aromatic heterocycles. The van der Waals surface area contributed by atoms with Gasteiger partial charge in [0.1, 0.15) is 11.6 Å². The molecule has 2 N–H and O–H groups in total. The van der Waals surface area contributed by atoms with Crippen molar-refractivity contribution in [3.05, 3.63) is 46.1 Å². The van der Waals surface area contributed by atoms with Crippen LogP contribution in [-0.4, -0.2) is 27.6 Å². The lowest BCUT2D eigenvalue weighted by Gasteiger charge is -2.04. The van der Waals surface area contributed by atoms with E-state index in [1.54, 1.807) is 0 Å². The maximum atomic E-state index is 12.1. The third-order valence-electron chi connectivity index (χ3n) is 4.92. The number of nitrogens with zero attached hydrogens (tertiary/aromatic N) is 2. The highest BCUT2D eigenvalue weighted by molar-refractivity contribution is 5.80. The number of hydrogen-bond acceptors (Lipinski definition) is 4. The average Bonchev–Trinajstić information content (AvgIpc) is 3.18. The van der Waals surface area contributed by atoms with Crippen LogP contribution in [0.4, 0.5) is 0 Å². The molecule has 0 saturated carbocycles. The molecule has 3 rings (SSSR count). The fourth-order valence-corrected chi connectivity index (χ4v) is 3.15. The Kier molecular flexibility index (Phi) is 5.40. The summed E-state index contributed by atoms with van der Waals surface area (Å²) in [6, 6.07) is 4.13. The van der Waals surface area contributed by atoms with Gasteiger partial charge in [-0.15, -0.1) is 0 Å². The second kappa shape index (κ2) is 7.72. The Balaban J connectivity index is 1.45.